The summed E-state index contributed by atoms with van der Waals surface area (Å²) in [6, 6.07) is 0. The number of allylic oxidation sites excluding steroid dienone is 2. The Morgan fingerprint density at radius 3 is 2.44 bits per heavy atom. The van der Waals surface area contributed by atoms with Gasteiger partial charge in [-0.25, -0.2) is 4.99 Å². The van der Waals surface area contributed by atoms with E-state index in [1.54, 1.807) is 6.08 Å². The highest BCUT2D eigenvalue weighted by Gasteiger charge is 1.78. The van der Waals surface area contributed by atoms with Crippen LogP contribution in [0.1, 0.15) is 0 Å². The lowest BCUT2D eigenvalue weighted by molar-refractivity contribution is 1.43. The van der Waals surface area contributed by atoms with E-state index in [1.165, 1.54) is 6.20 Å². The van der Waals surface area contributed by atoms with Crippen LogP contribution in [0.25, 0.3) is 0 Å². The zero-order valence-corrected chi connectivity index (χ0v) is 6.43. The maximum Gasteiger partial charge on any atom is 0.190 e. The van der Waals surface area contributed by atoms with Gasteiger partial charge in [-0.1, -0.05) is 12.7 Å². The van der Waals surface area contributed by atoms with E-state index < -0.39 is 0 Å². The molecule has 0 amide bonds. The van der Waals surface area contributed by atoms with Gasteiger partial charge in [0.25, 0.3) is 0 Å². The molecule has 0 aliphatic carbocycles. The van der Waals surface area contributed by atoms with E-state index in [2.05, 4.69) is 27.5 Å². The molecule has 4 heteroatoms. The van der Waals surface area contributed by atoms with Crippen LogP contribution in [0.2, 0.25) is 0 Å². The molecule has 0 radical (unpaired) electrons. The first-order chi connectivity index (χ1) is 4.16. The Bertz CT molecular complexity index is 156. The molecule has 0 atom stereocenters. The lowest BCUT2D eigenvalue weighted by Crippen LogP contribution is -2.21. The van der Waals surface area contributed by atoms with Gasteiger partial charge in [0.05, 0.1) is 0 Å². The maximum absolute atomic E-state index is 5.02. The predicted molar refractivity (Wildman–Crippen MR) is 43.0 cm³/mol. The van der Waals surface area contributed by atoms with Crippen LogP contribution in [0, 0.1) is 0 Å². The van der Waals surface area contributed by atoms with Crippen molar-refractivity contribution in [1.29, 1.82) is 0 Å². The molecule has 0 spiro atoms. The van der Waals surface area contributed by atoms with E-state index in [1.807, 2.05) is 0 Å². The molecule has 0 rings (SSSR count). The summed E-state index contributed by atoms with van der Waals surface area (Å²) in [5, 5.41) is 0. The molecular weight excluding hydrogens is 182 g/mol. The van der Waals surface area contributed by atoms with Gasteiger partial charge in [-0.05, 0) is 15.9 Å². The largest absolute Gasteiger partial charge is 0.370 e. The first kappa shape index (κ1) is 8.23. The molecule has 0 unspecified atom stereocenters. The molecule has 0 aliphatic rings. The van der Waals surface area contributed by atoms with Crippen LogP contribution >= 0.6 is 15.9 Å². The summed E-state index contributed by atoms with van der Waals surface area (Å²) in [6.07, 6.45) is 3.06. The van der Waals surface area contributed by atoms with Gasteiger partial charge in [-0.2, -0.15) is 0 Å². The van der Waals surface area contributed by atoms with Crippen molar-refractivity contribution >= 4 is 21.9 Å². The summed E-state index contributed by atoms with van der Waals surface area (Å²) in [5.74, 6) is 0.0359. The number of guanidine groups is 1. The highest BCUT2D eigenvalue weighted by molar-refractivity contribution is 9.11. The molecule has 9 heavy (non-hydrogen) atoms. The smallest absolute Gasteiger partial charge is 0.190 e. The first-order valence-corrected chi connectivity index (χ1v) is 3.03. The Balaban J connectivity index is 3.98. The third-order valence-electron chi connectivity index (χ3n) is 0.532. The van der Waals surface area contributed by atoms with Gasteiger partial charge in [0.2, 0.25) is 0 Å². The third kappa shape index (κ3) is 5.10. The first-order valence-electron chi connectivity index (χ1n) is 2.23. The SMILES string of the molecule is C=C/C(Br)=C\N=C(N)N. The molecule has 0 saturated carbocycles. The van der Waals surface area contributed by atoms with Crippen molar-refractivity contribution in [2.45, 2.75) is 0 Å². The molecule has 50 valence electrons. The van der Waals surface area contributed by atoms with Crippen molar-refractivity contribution in [1.82, 2.24) is 0 Å². The van der Waals surface area contributed by atoms with Crippen LogP contribution in [0.3, 0.4) is 0 Å². The monoisotopic (exact) mass is 189 g/mol. The van der Waals surface area contributed by atoms with E-state index in [4.69, 9.17) is 11.5 Å². The summed E-state index contributed by atoms with van der Waals surface area (Å²) < 4.78 is 0.746. The zero-order valence-electron chi connectivity index (χ0n) is 4.84. The highest BCUT2D eigenvalue weighted by atomic mass is 79.9. The van der Waals surface area contributed by atoms with E-state index >= 15 is 0 Å². The van der Waals surface area contributed by atoms with Crippen molar-refractivity contribution in [2.75, 3.05) is 0 Å². The molecule has 0 bridgehead atoms. The molecule has 0 heterocycles. The Morgan fingerprint density at radius 1 is 1.56 bits per heavy atom. The second-order valence-electron chi connectivity index (χ2n) is 1.27. The normalized spacial score (nSPS) is 10.6. The quantitative estimate of drug-likeness (QED) is 0.382. The Labute approximate surface area is 62.3 Å². The number of aliphatic imine (C=N–C) groups is 1. The minimum absolute atomic E-state index is 0.0359. The molecule has 0 aromatic rings. The number of rotatable bonds is 2. The second kappa shape index (κ2) is 4.14. The van der Waals surface area contributed by atoms with E-state index in [0.29, 0.717) is 0 Å². The minimum atomic E-state index is 0.0359. The van der Waals surface area contributed by atoms with Crippen LogP contribution in [-0.2, 0) is 0 Å². The van der Waals surface area contributed by atoms with Gasteiger partial charge in [0, 0.05) is 10.7 Å². The number of hydrogen-bond acceptors (Lipinski definition) is 1. The summed E-state index contributed by atoms with van der Waals surface area (Å²) in [6.45, 7) is 3.47. The summed E-state index contributed by atoms with van der Waals surface area (Å²) in [5.41, 5.74) is 10.0. The van der Waals surface area contributed by atoms with E-state index in [-0.39, 0.29) is 5.96 Å². The third-order valence-corrected chi connectivity index (χ3v) is 1.06. The van der Waals surface area contributed by atoms with Crippen molar-refractivity contribution in [2.24, 2.45) is 16.5 Å². The standard InChI is InChI=1S/C5H8BrN3/c1-2-4(6)3-9-5(7)8/h2-3H,1H2,(H4,7,8,9)/b4-3+. The predicted octanol–water partition coefficient (Wildman–Crippen LogP) is 0.682. The van der Waals surface area contributed by atoms with Gasteiger partial charge in [-0.15, -0.1) is 0 Å². The maximum atomic E-state index is 5.02. The lowest BCUT2D eigenvalue weighted by atomic mass is 10.6. The minimum Gasteiger partial charge on any atom is -0.370 e. The van der Waals surface area contributed by atoms with Crippen molar-refractivity contribution < 1.29 is 0 Å². The fourth-order valence-corrected chi connectivity index (χ4v) is 0.291. The van der Waals surface area contributed by atoms with Gasteiger partial charge >= 0.3 is 0 Å². The van der Waals surface area contributed by atoms with Crippen LogP contribution in [0.5, 0.6) is 0 Å². The summed E-state index contributed by atoms with van der Waals surface area (Å²) in [4.78, 5) is 3.59. The molecule has 3 nitrogen and oxygen atoms in total. The number of nitrogens with two attached hydrogens (primary N) is 2. The average Bonchev–Trinajstić information content (AvgIpc) is 1.83. The summed E-state index contributed by atoms with van der Waals surface area (Å²) >= 11 is 3.13. The average molecular weight is 190 g/mol. The molecule has 0 aromatic carbocycles. The topological polar surface area (TPSA) is 64.4 Å². The lowest BCUT2D eigenvalue weighted by Gasteiger charge is -1.84. The molecule has 0 aliphatic heterocycles. The van der Waals surface area contributed by atoms with Gasteiger partial charge in [-0.3, -0.25) is 0 Å². The fourth-order valence-electron chi connectivity index (χ4n) is 0.189. The number of nitrogens with zero attached hydrogens (tertiary/aromatic N) is 1. The fraction of sp³-hybridized carbons (Fsp3) is 0. The van der Waals surface area contributed by atoms with E-state index in [0.717, 1.165) is 4.48 Å². The molecular formula is C5H8BrN3. The van der Waals surface area contributed by atoms with Gasteiger partial charge in [0.1, 0.15) is 0 Å². The van der Waals surface area contributed by atoms with Crippen molar-refractivity contribution in [3.8, 4) is 0 Å². The Hall–Kier alpha value is -0.770. The molecule has 4 N–H and O–H groups in total. The Kier molecular flexibility index (Phi) is 3.79. The summed E-state index contributed by atoms with van der Waals surface area (Å²) in [7, 11) is 0. The number of halogens is 1. The second-order valence-corrected chi connectivity index (χ2v) is 2.19. The van der Waals surface area contributed by atoms with Crippen LogP contribution in [0.15, 0.2) is 28.3 Å². The van der Waals surface area contributed by atoms with Gasteiger partial charge < -0.3 is 11.5 Å². The van der Waals surface area contributed by atoms with E-state index in [9.17, 15) is 0 Å². The molecule has 0 aromatic heterocycles. The van der Waals surface area contributed by atoms with Crippen LogP contribution < -0.4 is 11.5 Å². The zero-order chi connectivity index (χ0) is 7.28. The number of hydrogen-bond donors (Lipinski definition) is 2. The molecule has 0 saturated heterocycles. The highest BCUT2D eigenvalue weighted by Crippen LogP contribution is 2.03. The van der Waals surface area contributed by atoms with Crippen molar-refractivity contribution in [3.05, 3.63) is 23.3 Å². The van der Waals surface area contributed by atoms with Crippen molar-refractivity contribution in [3.63, 3.8) is 0 Å². The van der Waals surface area contributed by atoms with Gasteiger partial charge in [0.15, 0.2) is 5.96 Å². The Morgan fingerprint density at radius 2 is 2.11 bits per heavy atom. The molecule has 0 fully saturated rings. The van der Waals surface area contributed by atoms with Crippen LogP contribution in [-0.4, -0.2) is 5.96 Å². The van der Waals surface area contributed by atoms with Crippen LogP contribution in [0.4, 0.5) is 0 Å².